The summed E-state index contributed by atoms with van der Waals surface area (Å²) in [7, 11) is 0. The lowest BCUT2D eigenvalue weighted by Gasteiger charge is -2.46. The van der Waals surface area contributed by atoms with E-state index in [0.29, 0.717) is 0 Å². The molecule has 22 heteroatoms. The normalized spacial score (nSPS) is 11.7. The average molecular weight is 1360 g/mol. The summed E-state index contributed by atoms with van der Waals surface area (Å²) in [6, 6.07) is 18.7. The van der Waals surface area contributed by atoms with E-state index in [1.165, 1.54) is 141 Å². The van der Waals surface area contributed by atoms with Gasteiger partial charge in [-0.25, -0.2) is 70.2 Å². The van der Waals surface area contributed by atoms with Crippen molar-refractivity contribution in [3.05, 3.63) is 180 Å². The number of hydrogen-bond donors (Lipinski definition) is 0. The molecule has 0 unspecified atom stereocenters. The van der Waals surface area contributed by atoms with Crippen LogP contribution in [-0.2, 0) is 12.8 Å². The molecule has 0 nitrogen and oxygen atoms in total. The average Bonchev–Trinajstić information content (AvgIpc) is 2.05. The molecule has 0 radical (unpaired) electrons. The topological polar surface area (TPSA) is 0 Å². The molecule has 6 aromatic rings. The van der Waals surface area contributed by atoms with Gasteiger partial charge in [-0.15, -0.1) is 21.9 Å². The van der Waals surface area contributed by atoms with Gasteiger partial charge in [0.2, 0.25) is 0 Å². The van der Waals surface area contributed by atoms with Crippen LogP contribution in [0.3, 0.4) is 0 Å². The van der Waals surface area contributed by atoms with Crippen LogP contribution < -0.4 is 43.1 Å². The fourth-order valence-corrected chi connectivity index (χ4v) is 14.5. The molecule has 0 aliphatic heterocycles. The standard InChI is InChI=1S/C36H58I.C24BCl4F16/c1-3-5-7-9-11-13-15-17-19-21-27-33-29-23-25-31-35(33)37-36-32-26-24-30-34(36)28-22-20-18-16-14-12-10-8-6-4-2;26-5-1(9(30)17(38)21(42)13(5)34)25(2-6(27)14(35)22(43)18(39)10(2)31,3-7(28)15(36)23(44)19(40)11(3)32)4-8(29)16(37)24(45)20(41)12(4)33/h23-26,29-32H,3-22,27-28H2,1-2H3;/q+1;-1. The van der Waals surface area contributed by atoms with Crippen molar-refractivity contribution < 1.29 is 91.5 Å². The maximum Gasteiger partial charge on any atom is 0.358 e. The van der Waals surface area contributed by atoms with Crippen LogP contribution in [0.5, 0.6) is 0 Å². The smallest absolute Gasteiger partial charge is 0.207 e. The Kier molecular flexibility index (Phi) is 27.4. The van der Waals surface area contributed by atoms with Gasteiger partial charge < -0.3 is 0 Å². The van der Waals surface area contributed by atoms with E-state index in [9.17, 15) is 52.7 Å². The highest BCUT2D eigenvalue weighted by atomic mass is 127. The first-order chi connectivity index (χ1) is 39.0. The Balaban J connectivity index is 0.000000307. The molecule has 0 N–H and O–H groups in total. The zero-order valence-corrected chi connectivity index (χ0v) is 49.9. The molecule has 448 valence electrons. The maximum atomic E-state index is 15.8. The van der Waals surface area contributed by atoms with Gasteiger partial charge in [0, 0.05) is 31.2 Å². The molecule has 0 saturated carbocycles. The lowest BCUT2D eigenvalue weighted by molar-refractivity contribution is -0.599. The van der Waals surface area contributed by atoms with E-state index in [2.05, 4.69) is 62.4 Å². The third-order valence-corrected chi connectivity index (χ3v) is 19.2. The van der Waals surface area contributed by atoms with E-state index < -0.39 is 141 Å². The van der Waals surface area contributed by atoms with Gasteiger partial charge in [0.1, 0.15) is 29.4 Å². The minimum atomic E-state index is -6.24. The zero-order chi connectivity index (χ0) is 60.6. The second kappa shape index (κ2) is 32.6. The number of halogens is 21. The Hall–Kier alpha value is -3.85. The number of unbranched alkanes of at least 4 members (excludes halogenated alkanes) is 18. The monoisotopic (exact) mass is 1360 g/mol. The van der Waals surface area contributed by atoms with Crippen LogP contribution in [0, 0.1) is 100 Å². The van der Waals surface area contributed by atoms with E-state index >= 15 is 17.6 Å². The van der Waals surface area contributed by atoms with Crippen molar-refractivity contribution in [2.24, 2.45) is 0 Å². The summed E-state index contributed by atoms with van der Waals surface area (Å²) in [5.41, 5.74) is -7.48. The van der Waals surface area contributed by atoms with Crippen molar-refractivity contribution in [3.8, 4) is 0 Å². The summed E-state index contributed by atoms with van der Waals surface area (Å²) in [5, 5.41) is -9.69. The van der Waals surface area contributed by atoms with Crippen LogP contribution in [0.25, 0.3) is 0 Å². The first kappa shape index (κ1) is 68.9. The molecule has 0 heterocycles. The summed E-state index contributed by atoms with van der Waals surface area (Å²) in [4.78, 5) is 0. The van der Waals surface area contributed by atoms with E-state index in [-0.39, 0.29) is 21.2 Å². The molecule has 0 amide bonds. The van der Waals surface area contributed by atoms with Gasteiger partial charge in [-0.3, -0.25) is 0 Å². The molecule has 0 aromatic heterocycles. The predicted octanol–water partition coefficient (Wildman–Crippen LogP) is 16.6. The Morgan fingerprint density at radius 2 is 0.488 bits per heavy atom. The van der Waals surface area contributed by atoms with Gasteiger partial charge in [-0.1, -0.05) is 212 Å². The zero-order valence-electron chi connectivity index (χ0n) is 44.7. The Morgan fingerprint density at radius 3 is 0.732 bits per heavy atom. The van der Waals surface area contributed by atoms with Crippen molar-refractivity contribution in [2.75, 3.05) is 0 Å². The van der Waals surface area contributed by atoms with Gasteiger partial charge in [0.25, 0.3) is 0 Å². The number of benzene rings is 6. The molecular weight excluding hydrogens is 1300 g/mol. The van der Waals surface area contributed by atoms with Crippen LogP contribution in [0.15, 0.2) is 48.5 Å². The fourth-order valence-electron chi connectivity index (χ4n) is 10.2. The van der Waals surface area contributed by atoms with E-state index in [4.69, 9.17) is 46.4 Å². The molecular formula is C60H58BCl4F16I. The van der Waals surface area contributed by atoms with Gasteiger partial charge in [0.05, 0.1) is 0 Å². The maximum absolute atomic E-state index is 15.8. The van der Waals surface area contributed by atoms with Crippen LogP contribution in [0.4, 0.5) is 70.2 Å². The summed E-state index contributed by atoms with van der Waals surface area (Å²) >= 11 is 22.2. The highest BCUT2D eigenvalue weighted by molar-refractivity contribution is 7.22. The van der Waals surface area contributed by atoms with E-state index in [0.717, 1.165) is 0 Å². The summed E-state index contributed by atoms with van der Waals surface area (Å²) in [5.74, 6) is -48.3. The highest BCUT2D eigenvalue weighted by Gasteiger charge is 2.51. The molecule has 6 aromatic carbocycles. The van der Waals surface area contributed by atoms with Gasteiger partial charge >= 0.3 is 21.2 Å². The molecule has 0 saturated heterocycles. The lowest BCUT2D eigenvalue weighted by atomic mass is 9.12. The second-order valence-corrected chi connectivity index (χ2v) is 24.3. The lowest BCUT2D eigenvalue weighted by Crippen LogP contribution is -3.62. The van der Waals surface area contributed by atoms with Crippen molar-refractivity contribution in [1.29, 1.82) is 0 Å². The van der Waals surface area contributed by atoms with Crippen LogP contribution in [-0.4, -0.2) is 6.15 Å². The second-order valence-electron chi connectivity index (χ2n) is 19.9. The van der Waals surface area contributed by atoms with Crippen LogP contribution in [0.2, 0.25) is 20.1 Å². The van der Waals surface area contributed by atoms with Crippen LogP contribution in [0.1, 0.15) is 153 Å². The third kappa shape index (κ3) is 15.6. The summed E-state index contributed by atoms with van der Waals surface area (Å²) in [6.45, 7) is 4.61. The first-order valence-electron chi connectivity index (χ1n) is 27.1. The van der Waals surface area contributed by atoms with E-state index in [1.54, 1.807) is 18.3 Å². The fraction of sp³-hybridized carbons (Fsp3) is 0.400. The molecule has 6 rings (SSSR count). The first-order valence-corrected chi connectivity index (χ1v) is 30.8. The Bertz CT molecular complexity index is 2700. The van der Waals surface area contributed by atoms with Crippen molar-refractivity contribution in [1.82, 2.24) is 0 Å². The Morgan fingerprint density at radius 1 is 0.280 bits per heavy atom. The highest BCUT2D eigenvalue weighted by Crippen LogP contribution is 2.36. The van der Waals surface area contributed by atoms with Crippen molar-refractivity contribution in [2.45, 2.75) is 155 Å². The quantitative estimate of drug-likeness (QED) is 0.0115. The Labute approximate surface area is 497 Å². The molecule has 0 spiro atoms. The summed E-state index contributed by atoms with van der Waals surface area (Å²) < 4.78 is 241. The molecule has 0 fully saturated rings. The number of aryl methyl sites for hydroxylation is 2. The van der Waals surface area contributed by atoms with Crippen LogP contribution >= 0.6 is 46.4 Å². The number of hydrogen-bond acceptors (Lipinski definition) is 0. The molecule has 0 bridgehead atoms. The third-order valence-electron chi connectivity index (χ3n) is 14.4. The molecule has 0 atom stereocenters. The minimum absolute atomic E-state index is 0.0947. The largest absolute Gasteiger partial charge is 0.358 e. The minimum Gasteiger partial charge on any atom is -0.207 e. The SMILES string of the molecule is CCCCCCCCCCCCc1ccccc1[I+]c1ccccc1CCCCCCCCCCCC.Fc1c(F)c(F)c([B-](c2c(F)c(F)c(F)c(F)c2Cl)(c2c(F)c(F)c(F)c(F)c2Cl)c2c(F)c(F)c(F)c(F)c2Cl)c(Cl)c1F. The molecule has 0 aliphatic carbocycles. The number of rotatable bonds is 28. The predicted molar refractivity (Wildman–Crippen MR) is 291 cm³/mol. The van der Waals surface area contributed by atoms with Gasteiger partial charge in [-0.2, -0.15) is 0 Å². The van der Waals surface area contributed by atoms with Gasteiger partial charge in [-0.05, 0) is 37.8 Å². The molecule has 0 aliphatic rings. The van der Waals surface area contributed by atoms with E-state index in [1.807, 2.05) is 0 Å². The van der Waals surface area contributed by atoms with Crippen molar-refractivity contribution >= 4 is 74.4 Å². The summed E-state index contributed by atoms with van der Waals surface area (Å²) in [6.07, 6.45) is 24.7. The van der Waals surface area contributed by atoms with Gasteiger partial charge in [0.15, 0.2) is 76.9 Å². The van der Waals surface area contributed by atoms with Crippen molar-refractivity contribution in [3.63, 3.8) is 0 Å². The molecule has 82 heavy (non-hydrogen) atoms.